The highest BCUT2D eigenvalue weighted by molar-refractivity contribution is 5.91. The van der Waals surface area contributed by atoms with Gasteiger partial charge in [0.15, 0.2) is 0 Å². The van der Waals surface area contributed by atoms with E-state index >= 15 is 0 Å². The van der Waals surface area contributed by atoms with Gasteiger partial charge in [-0.3, -0.25) is 0 Å². The Morgan fingerprint density at radius 2 is 1.65 bits per heavy atom. The molecule has 0 spiro atoms. The summed E-state index contributed by atoms with van der Waals surface area (Å²) in [5.74, 6) is 1.52. The van der Waals surface area contributed by atoms with Gasteiger partial charge in [0, 0.05) is 35.5 Å². The Kier molecular flexibility index (Phi) is 6.82. The van der Waals surface area contributed by atoms with Crippen LogP contribution in [-0.2, 0) is 0 Å². The van der Waals surface area contributed by atoms with Crippen molar-refractivity contribution in [3.05, 3.63) is 79.4 Å². The highest BCUT2D eigenvalue weighted by Crippen LogP contribution is 2.29. The van der Waals surface area contributed by atoms with Gasteiger partial charge in [-0.15, -0.1) is 0 Å². The van der Waals surface area contributed by atoms with Gasteiger partial charge in [0.1, 0.15) is 17.7 Å². The van der Waals surface area contributed by atoms with Crippen LogP contribution in [0.2, 0.25) is 0 Å². The summed E-state index contributed by atoms with van der Waals surface area (Å²) in [5, 5.41) is 1.09. The van der Waals surface area contributed by atoms with Crippen LogP contribution >= 0.6 is 0 Å². The van der Waals surface area contributed by atoms with E-state index in [-0.39, 0.29) is 0 Å². The molecule has 0 unspecified atom stereocenters. The molecular weight excluding hydrogens is 456 g/mol. The highest BCUT2D eigenvalue weighted by Gasteiger charge is 2.20. The molecule has 6 heteroatoms. The van der Waals surface area contributed by atoms with Crippen LogP contribution in [0.25, 0.3) is 38.9 Å². The number of nitrogen functional groups attached to an aromatic ring is 1. The number of rotatable bonds is 4. The summed E-state index contributed by atoms with van der Waals surface area (Å²) in [6.45, 7) is 4.19. The quantitative estimate of drug-likeness (QED) is 0.313. The van der Waals surface area contributed by atoms with Crippen LogP contribution in [0, 0.1) is 5.92 Å². The van der Waals surface area contributed by atoms with E-state index in [1.165, 1.54) is 58.2 Å². The van der Waals surface area contributed by atoms with Gasteiger partial charge in [0.25, 0.3) is 0 Å². The fourth-order valence-electron chi connectivity index (χ4n) is 5.52. The maximum absolute atomic E-state index is 6.06. The number of fused-ring (bicyclic) bond motifs is 2. The third-order valence-electron chi connectivity index (χ3n) is 7.70. The largest absolute Gasteiger partial charge is 0.382 e. The van der Waals surface area contributed by atoms with Crippen LogP contribution < -0.4 is 5.73 Å². The van der Waals surface area contributed by atoms with Crippen molar-refractivity contribution in [2.75, 3.05) is 25.4 Å². The Hall–Kier alpha value is -3.77. The van der Waals surface area contributed by atoms with Crippen molar-refractivity contribution in [3.8, 4) is 22.5 Å². The van der Waals surface area contributed by atoms with Crippen LogP contribution in [0.1, 0.15) is 38.5 Å². The Bertz CT molecular complexity index is 1480. The minimum absolute atomic E-state index is 0.464. The van der Waals surface area contributed by atoms with Gasteiger partial charge >= 0.3 is 0 Å². The van der Waals surface area contributed by atoms with Gasteiger partial charge in [-0.1, -0.05) is 67.8 Å². The van der Waals surface area contributed by atoms with Crippen LogP contribution in [0.5, 0.6) is 0 Å². The van der Waals surface area contributed by atoms with Crippen molar-refractivity contribution < 1.29 is 0 Å². The molecule has 2 aliphatic rings. The van der Waals surface area contributed by atoms with Crippen molar-refractivity contribution in [2.45, 2.75) is 38.5 Å². The average Bonchev–Trinajstić information content (AvgIpc) is 3.37. The summed E-state index contributed by atoms with van der Waals surface area (Å²) in [5.41, 5.74) is 11.6. The molecule has 3 aromatic heterocycles. The van der Waals surface area contributed by atoms with Crippen molar-refractivity contribution >= 4 is 22.2 Å². The Balaban J connectivity index is 0.000000191. The molecule has 2 fully saturated rings. The zero-order valence-electron chi connectivity index (χ0n) is 21.3. The van der Waals surface area contributed by atoms with Gasteiger partial charge < -0.3 is 15.0 Å². The average molecular weight is 491 g/mol. The molecule has 188 valence electrons. The number of likely N-dealkylation sites (tertiary alicyclic amines) is 1. The highest BCUT2D eigenvalue weighted by atomic mass is 15.2. The Morgan fingerprint density at radius 1 is 0.838 bits per heavy atom. The lowest BCUT2D eigenvalue weighted by molar-refractivity contribution is 0.136. The Morgan fingerprint density at radius 3 is 2.43 bits per heavy atom. The summed E-state index contributed by atoms with van der Waals surface area (Å²) in [6.07, 6.45) is 14.2. The molecule has 7 rings (SSSR count). The fourth-order valence-corrected chi connectivity index (χ4v) is 5.52. The maximum atomic E-state index is 6.06. The fraction of sp³-hybridized carbons (Fsp3) is 0.323. The SMILES string of the molecule is C1CCC(CN2CCC2)CC1.Nc1nccn2cnc(-c3ccc4ccc(-c5ccccc5)nc4c3)c12. The number of imidazole rings is 1. The maximum Gasteiger partial charge on any atom is 0.150 e. The summed E-state index contributed by atoms with van der Waals surface area (Å²) in [7, 11) is 0. The van der Waals surface area contributed by atoms with Gasteiger partial charge in [-0.05, 0) is 50.4 Å². The van der Waals surface area contributed by atoms with E-state index in [1.54, 1.807) is 12.5 Å². The van der Waals surface area contributed by atoms with E-state index in [4.69, 9.17) is 10.7 Å². The van der Waals surface area contributed by atoms with Crippen molar-refractivity contribution in [1.29, 1.82) is 0 Å². The lowest BCUT2D eigenvalue weighted by Gasteiger charge is -2.35. The van der Waals surface area contributed by atoms with E-state index in [2.05, 4.69) is 45.2 Å². The van der Waals surface area contributed by atoms with E-state index in [9.17, 15) is 0 Å². The molecule has 2 aromatic carbocycles. The molecule has 6 nitrogen and oxygen atoms in total. The standard InChI is InChI=1S/C21H15N5.C10H19N/c22-21-20-19(24-13-26(20)11-10-23-21)16-7-6-15-8-9-17(25-18(15)12-16)14-4-2-1-3-5-14;1-2-5-10(6-3-1)9-11-7-4-8-11/h1-13H,(H2,22,23);10H,1-9H2. The van der Waals surface area contributed by atoms with Crippen LogP contribution in [-0.4, -0.2) is 43.9 Å². The van der Waals surface area contributed by atoms with Crippen LogP contribution in [0.15, 0.2) is 79.4 Å². The van der Waals surface area contributed by atoms with Gasteiger partial charge in [0.05, 0.1) is 16.9 Å². The molecular formula is C31H34N6. The van der Waals surface area contributed by atoms with E-state index in [0.29, 0.717) is 5.82 Å². The second-order valence-electron chi connectivity index (χ2n) is 10.3. The number of nitrogens with two attached hydrogens (primary N) is 1. The monoisotopic (exact) mass is 490 g/mol. The number of aromatic nitrogens is 4. The van der Waals surface area contributed by atoms with E-state index < -0.39 is 0 Å². The van der Waals surface area contributed by atoms with Crippen molar-refractivity contribution in [1.82, 2.24) is 24.3 Å². The molecule has 2 N–H and O–H groups in total. The van der Waals surface area contributed by atoms with Gasteiger partial charge in [0.2, 0.25) is 0 Å². The number of hydrogen-bond acceptors (Lipinski definition) is 5. The molecule has 1 aliphatic carbocycles. The molecule has 0 bridgehead atoms. The molecule has 1 saturated carbocycles. The predicted molar refractivity (Wildman–Crippen MR) is 151 cm³/mol. The molecule has 0 amide bonds. The third-order valence-corrected chi connectivity index (χ3v) is 7.70. The van der Waals surface area contributed by atoms with E-state index in [0.717, 1.165) is 44.9 Å². The second kappa shape index (κ2) is 10.7. The summed E-state index contributed by atoms with van der Waals surface area (Å²) in [4.78, 5) is 16.2. The second-order valence-corrected chi connectivity index (χ2v) is 10.3. The topological polar surface area (TPSA) is 72.3 Å². The number of nitrogens with zero attached hydrogens (tertiary/aromatic N) is 5. The first-order chi connectivity index (χ1) is 18.2. The van der Waals surface area contributed by atoms with Crippen molar-refractivity contribution in [2.24, 2.45) is 5.92 Å². The zero-order valence-corrected chi connectivity index (χ0v) is 21.3. The number of anilines is 1. The first-order valence-electron chi connectivity index (χ1n) is 13.5. The summed E-state index contributed by atoms with van der Waals surface area (Å²) in [6, 6.07) is 20.5. The zero-order chi connectivity index (χ0) is 25.0. The lowest BCUT2D eigenvalue weighted by Crippen LogP contribution is -2.40. The molecule has 5 aromatic rings. The van der Waals surface area contributed by atoms with E-state index in [1.807, 2.05) is 40.9 Å². The number of benzene rings is 2. The van der Waals surface area contributed by atoms with Crippen molar-refractivity contribution in [3.63, 3.8) is 0 Å². The molecule has 1 aliphatic heterocycles. The van der Waals surface area contributed by atoms with Gasteiger partial charge in [-0.2, -0.15) is 0 Å². The van der Waals surface area contributed by atoms with Crippen LogP contribution in [0.4, 0.5) is 5.82 Å². The molecule has 4 heterocycles. The first kappa shape index (κ1) is 23.6. The summed E-state index contributed by atoms with van der Waals surface area (Å²) < 4.78 is 1.88. The normalized spacial score (nSPS) is 16.3. The predicted octanol–water partition coefficient (Wildman–Crippen LogP) is 6.47. The van der Waals surface area contributed by atoms with Gasteiger partial charge in [-0.25, -0.2) is 15.0 Å². The minimum Gasteiger partial charge on any atom is -0.382 e. The molecule has 0 atom stereocenters. The first-order valence-corrected chi connectivity index (χ1v) is 13.5. The minimum atomic E-state index is 0.464. The smallest absolute Gasteiger partial charge is 0.150 e. The number of pyridine rings is 1. The van der Waals surface area contributed by atoms with Crippen LogP contribution in [0.3, 0.4) is 0 Å². The lowest BCUT2D eigenvalue weighted by atomic mass is 9.88. The molecule has 0 radical (unpaired) electrons. The Labute approximate surface area is 218 Å². The molecule has 37 heavy (non-hydrogen) atoms. The third kappa shape index (κ3) is 5.20. The number of hydrogen-bond donors (Lipinski definition) is 1. The summed E-state index contributed by atoms with van der Waals surface area (Å²) >= 11 is 0. The molecule has 1 saturated heterocycles.